The summed E-state index contributed by atoms with van der Waals surface area (Å²) in [6.45, 7) is 0. The highest BCUT2D eigenvalue weighted by Crippen LogP contribution is 2.29. The fraction of sp³-hybridized carbons (Fsp3) is 0.286. The van der Waals surface area contributed by atoms with Crippen LogP contribution in [0.2, 0.25) is 0 Å². The van der Waals surface area contributed by atoms with E-state index >= 15 is 0 Å². The van der Waals surface area contributed by atoms with Gasteiger partial charge in [0, 0.05) is 12.8 Å². The summed E-state index contributed by atoms with van der Waals surface area (Å²) in [4.78, 5) is 24.6. The van der Waals surface area contributed by atoms with Crippen LogP contribution in [0.1, 0.15) is 29.1 Å². The van der Waals surface area contributed by atoms with Crippen molar-refractivity contribution < 1.29 is 23.1 Å². The molecule has 0 aliphatic rings. The van der Waals surface area contributed by atoms with E-state index in [-0.39, 0.29) is 30.8 Å². The molecule has 2 rings (SSSR count). The Morgan fingerprint density at radius 3 is 2.61 bits per heavy atom. The Kier molecular flexibility index (Phi) is 4.77. The zero-order valence-electron chi connectivity index (χ0n) is 11.7. The Bertz CT molecular complexity index is 772. The van der Waals surface area contributed by atoms with Crippen molar-refractivity contribution in [2.45, 2.75) is 25.4 Å². The molecule has 0 saturated carbocycles. The van der Waals surface area contributed by atoms with Gasteiger partial charge >= 0.3 is 12.1 Å². The predicted molar refractivity (Wildman–Crippen MR) is 72.9 cm³/mol. The van der Waals surface area contributed by atoms with E-state index in [1.807, 2.05) is 0 Å². The van der Waals surface area contributed by atoms with E-state index < -0.39 is 23.3 Å². The maximum absolute atomic E-state index is 12.6. The topological polar surface area (TPSA) is 95.9 Å². The second kappa shape index (κ2) is 6.59. The van der Waals surface area contributed by atoms with Gasteiger partial charge in [0.25, 0.3) is 5.56 Å². The predicted octanol–water partition coefficient (Wildman–Crippen LogP) is 1.79. The summed E-state index contributed by atoms with van der Waals surface area (Å²) in [5.74, 6) is -0.965. The van der Waals surface area contributed by atoms with Crippen molar-refractivity contribution in [2.24, 2.45) is 0 Å². The van der Waals surface area contributed by atoms with Crippen molar-refractivity contribution in [1.82, 2.24) is 15.2 Å². The molecule has 0 fully saturated rings. The summed E-state index contributed by atoms with van der Waals surface area (Å²) in [6, 6.07) is 4.67. The van der Waals surface area contributed by atoms with Crippen LogP contribution in [0, 0.1) is 0 Å². The normalized spacial score (nSPS) is 11.4. The van der Waals surface area contributed by atoms with Crippen molar-refractivity contribution in [2.75, 3.05) is 0 Å². The van der Waals surface area contributed by atoms with Crippen LogP contribution in [0.5, 0.6) is 0 Å². The first kappa shape index (κ1) is 16.7. The summed E-state index contributed by atoms with van der Waals surface area (Å²) in [7, 11) is 0. The van der Waals surface area contributed by atoms with Gasteiger partial charge in [-0.3, -0.25) is 9.59 Å². The standard InChI is InChI=1S/C14H12F3N3O3/c15-14(16,17)9-3-1-2-8(6-9)7-11-18-13(23)10(19-20-11)4-5-12(21)22/h1-3,6H,4-5,7H2,(H,21,22)(H,18,20,23). The summed E-state index contributed by atoms with van der Waals surface area (Å²) in [5.41, 5.74) is -1.09. The van der Waals surface area contributed by atoms with Crippen LogP contribution < -0.4 is 5.56 Å². The van der Waals surface area contributed by atoms with Gasteiger partial charge in [-0.2, -0.15) is 13.2 Å². The number of hydrogen-bond acceptors (Lipinski definition) is 4. The number of carboxylic acids is 1. The number of aromatic amines is 1. The fourth-order valence-corrected chi connectivity index (χ4v) is 1.91. The van der Waals surface area contributed by atoms with Crippen molar-refractivity contribution >= 4 is 5.97 Å². The van der Waals surface area contributed by atoms with Crippen LogP contribution in [0.4, 0.5) is 13.2 Å². The number of aromatic nitrogens is 3. The minimum atomic E-state index is -4.45. The van der Waals surface area contributed by atoms with Gasteiger partial charge < -0.3 is 10.1 Å². The molecule has 0 amide bonds. The Morgan fingerprint density at radius 1 is 1.26 bits per heavy atom. The van der Waals surface area contributed by atoms with Gasteiger partial charge in [-0.1, -0.05) is 18.2 Å². The Hall–Kier alpha value is -2.71. The molecule has 1 aromatic carbocycles. The van der Waals surface area contributed by atoms with E-state index in [1.165, 1.54) is 12.1 Å². The lowest BCUT2D eigenvalue weighted by Gasteiger charge is -2.08. The van der Waals surface area contributed by atoms with Crippen LogP contribution in [-0.4, -0.2) is 26.3 Å². The maximum Gasteiger partial charge on any atom is 0.416 e. The lowest BCUT2D eigenvalue weighted by Crippen LogP contribution is -2.20. The summed E-state index contributed by atoms with van der Waals surface area (Å²) >= 11 is 0. The molecule has 9 heteroatoms. The molecule has 0 bridgehead atoms. The van der Waals surface area contributed by atoms with Gasteiger partial charge in [0.15, 0.2) is 0 Å². The summed E-state index contributed by atoms with van der Waals surface area (Å²) in [5, 5.41) is 15.9. The molecule has 0 radical (unpaired) electrons. The number of carbonyl (C=O) groups is 1. The SMILES string of the molecule is O=C(O)CCc1nnc(Cc2cccc(C(F)(F)F)c2)[nH]c1=O. The molecule has 0 spiro atoms. The van der Waals surface area contributed by atoms with Gasteiger partial charge in [-0.25, -0.2) is 0 Å². The number of aryl methyl sites for hydroxylation is 1. The summed E-state index contributed by atoms with van der Waals surface area (Å²) < 4.78 is 37.9. The molecule has 0 saturated heterocycles. The molecule has 0 unspecified atom stereocenters. The first-order valence-electron chi connectivity index (χ1n) is 6.58. The molecule has 2 N–H and O–H groups in total. The number of nitrogens with zero attached hydrogens (tertiary/aromatic N) is 2. The number of carboxylic acid groups (broad SMARTS) is 1. The molecule has 2 aromatic rings. The first-order chi connectivity index (χ1) is 10.8. The highest BCUT2D eigenvalue weighted by atomic mass is 19.4. The largest absolute Gasteiger partial charge is 0.481 e. The number of halogens is 3. The molecular weight excluding hydrogens is 315 g/mol. The van der Waals surface area contributed by atoms with Crippen molar-refractivity contribution in [1.29, 1.82) is 0 Å². The number of aliphatic carboxylic acids is 1. The van der Waals surface area contributed by atoms with Gasteiger partial charge in [0.2, 0.25) is 0 Å². The third-order valence-corrected chi connectivity index (χ3v) is 3.01. The van der Waals surface area contributed by atoms with E-state index in [9.17, 15) is 22.8 Å². The van der Waals surface area contributed by atoms with Crippen LogP contribution in [0.25, 0.3) is 0 Å². The zero-order chi connectivity index (χ0) is 17.0. The third kappa shape index (κ3) is 4.63. The lowest BCUT2D eigenvalue weighted by atomic mass is 10.1. The maximum atomic E-state index is 12.6. The van der Waals surface area contributed by atoms with Crippen LogP contribution in [-0.2, 0) is 23.8 Å². The van der Waals surface area contributed by atoms with Gasteiger partial charge in [-0.05, 0) is 11.6 Å². The smallest absolute Gasteiger partial charge is 0.416 e. The van der Waals surface area contributed by atoms with E-state index in [2.05, 4.69) is 15.2 Å². The van der Waals surface area contributed by atoms with E-state index in [0.29, 0.717) is 5.56 Å². The molecule has 0 aliphatic heterocycles. The molecular formula is C14H12F3N3O3. The van der Waals surface area contributed by atoms with Crippen LogP contribution in [0.3, 0.4) is 0 Å². The quantitative estimate of drug-likeness (QED) is 0.873. The molecule has 23 heavy (non-hydrogen) atoms. The average Bonchev–Trinajstić information content (AvgIpc) is 2.45. The molecule has 1 heterocycles. The third-order valence-electron chi connectivity index (χ3n) is 3.01. The van der Waals surface area contributed by atoms with Crippen molar-refractivity contribution in [3.05, 3.63) is 57.3 Å². The second-order valence-corrected chi connectivity index (χ2v) is 4.82. The number of alkyl halides is 3. The molecule has 0 atom stereocenters. The first-order valence-corrected chi connectivity index (χ1v) is 6.58. The zero-order valence-corrected chi connectivity index (χ0v) is 11.7. The monoisotopic (exact) mass is 327 g/mol. The van der Waals surface area contributed by atoms with Crippen LogP contribution in [0.15, 0.2) is 29.1 Å². The van der Waals surface area contributed by atoms with Crippen LogP contribution >= 0.6 is 0 Å². The lowest BCUT2D eigenvalue weighted by molar-refractivity contribution is -0.138. The number of benzene rings is 1. The Balaban J connectivity index is 2.16. The second-order valence-electron chi connectivity index (χ2n) is 4.82. The van der Waals surface area contributed by atoms with Crippen molar-refractivity contribution in [3.63, 3.8) is 0 Å². The van der Waals surface area contributed by atoms with Gasteiger partial charge in [0.05, 0.1) is 12.0 Å². The average molecular weight is 327 g/mol. The number of hydrogen-bond donors (Lipinski definition) is 2. The molecule has 0 aliphatic carbocycles. The minimum Gasteiger partial charge on any atom is -0.481 e. The number of nitrogens with one attached hydrogen (secondary N) is 1. The van der Waals surface area contributed by atoms with E-state index in [0.717, 1.165) is 12.1 Å². The highest BCUT2D eigenvalue weighted by molar-refractivity contribution is 5.66. The number of H-pyrrole nitrogens is 1. The molecule has 122 valence electrons. The highest BCUT2D eigenvalue weighted by Gasteiger charge is 2.30. The summed E-state index contributed by atoms with van der Waals surface area (Å²) in [6.07, 6.45) is -4.80. The Labute approximate surface area is 128 Å². The molecule has 6 nitrogen and oxygen atoms in total. The number of rotatable bonds is 5. The van der Waals surface area contributed by atoms with E-state index in [4.69, 9.17) is 5.11 Å². The van der Waals surface area contributed by atoms with Gasteiger partial charge in [-0.15, -0.1) is 10.2 Å². The molecule has 1 aromatic heterocycles. The van der Waals surface area contributed by atoms with Gasteiger partial charge in [0.1, 0.15) is 11.5 Å². The fourth-order valence-electron chi connectivity index (χ4n) is 1.91. The minimum absolute atomic E-state index is 0.0224. The van der Waals surface area contributed by atoms with Crippen molar-refractivity contribution in [3.8, 4) is 0 Å². The Morgan fingerprint density at radius 2 is 2.00 bits per heavy atom. The van der Waals surface area contributed by atoms with E-state index in [1.54, 1.807) is 0 Å².